The number of carbonyl (C=O) groups excluding carboxylic acids is 1. The highest BCUT2D eigenvalue weighted by Gasteiger charge is 2.17. The summed E-state index contributed by atoms with van der Waals surface area (Å²) in [5.74, 6) is 0.780. The molecule has 0 bridgehead atoms. The molecule has 1 aromatic carbocycles. The van der Waals surface area contributed by atoms with Crippen molar-refractivity contribution in [2.75, 3.05) is 5.32 Å². The van der Waals surface area contributed by atoms with E-state index in [0.29, 0.717) is 18.2 Å². The minimum Gasteiger partial charge on any atom is -0.377 e. The van der Waals surface area contributed by atoms with Crippen LogP contribution >= 0.6 is 0 Å². The molecule has 3 rings (SSSR count). The number of aryl methyl sites for hydroxylation is 2. The van der Waals surface area contributed by atoms with Crippen molar-refractivity contribution < 1.29 is 4.79 Å². The normalized spacial score (nSPS) is 15.2. The predicted molar refractivity (Wildman–Crippen MR) is 91.6 cm³/mol. The van der Waals surface area contributed by atoms with Crippen molar-refractivity contribution in [3.8, 4) is 0 Å². The van der Waals surface area contributed by atoms with E-state index in [9.17, 15) is 4.79 Å². The molecule has 0 aliphatic heterocycles. The lowest BCUT2D eigenvalue weighted by Gasteiger charge is -2.23. The number of nitrogens with one attached hydrogen (secondary N) is 2. The Morgan fingerprint density at radius 3 is 2.75 bits per heavy atom. The summed E-state index contributed by atoms with van der Waals surface area (Å²) in [5.41, 5.74) is 2.72. The number of anilines is 1. The molecule has 1 aromatic heterocycles. The highest BCUT2D eigenvalue weighted by atomic mass is 16.1. The van der Waals surface area contributed by atoms with Crippen LogP contribution in [0.25, 0.3) is 0 Å². The third-order valence-corrected chi connectivity index (χ3v) is 4.57. The maximum Gasteiger partial charge on any atom is 0.251 e. The summed E-state index contributed by atoms with van der Waals surface area (Å²) >= 11 is 0. The van der Waals surface area contributed by atoms with Gasteiger partial charge < -0.3 is 10.6 Å². The van der Waals surface area contributed by atoms with Crippen LogP contribution in [0, 0.1) is 6.92 Å². The Bertz CT molecular complexity index is 705. The van der Waals surface area contributed by atoms with Gasteiger partial charge in [-0.3, -0.25) is 4.79 Å². The number of carbonyl (C=O) groups is 1. The zero-order valence-electron chi connectivity index (χ0n) is 14.2. The fourth-order valence-corrected chi connectivity index (χ4v) is 3.09. The molecule has 1 amide bonds. The fourth-order valence-electron chi connectivity index (χ4n) is 3.09. The number of hydrogen-bond donors (Lipinski definition) is 2. The third-order valence-electron chi connectivity index (χ3n) is 4.57. The topological polar surface area (TPSA) is 84.7 Å². The Hall–Kier alpha value is -2.44. The minimum atomic E-state index is 0.0223. The summed E-state index contributed by atoms with van der Waals surface area (Å²) in [6, 6.07) is 6.06. The van der Waals surface area contributed by atoms with E-state index in [2.05, 4.69) is 26.2 Å². The van der Waals surface area contributed by atoms with Crippen molar-refractivity contribution in [1.82, 2.24) is 25.5 Å². The summed E-state index contributed by atoms with van der Waals surface area (Å²) in [5, 5.41) is 17.8. The molecule has 1 fully saturated rings. The zero-order chi connectivity index (χ0) is 16.9. The summed E-state index contributed by atoms with van der Waals surface area (Å²) in [7, 11) is 1.81. The first-order valence-corrected chi connectivity index (χ1v) is 8.50. The van der Waals surface area contributed by atoms with Crippen molar-refractivity contribution >= 4 is 11.6 Å². The van der Waals surface area contributed by atoms with Crippen molar-refractivity contribution in [3.05, 3.63) is 35.2 Å². The summed E-state index contributed by atoms with van der Waals surface area (Å²) in [6.07, 6.45) is 5.90. The monoisotopic (exact) mass is 328 g/mol. The minimum absolute atomic E-state index is 0.0223. The van der Waals surface area contributed by atoms with Crippen molar-refractivity contribution in [1.29, 1.82) is 0 Å². The molecule has 7 heteroatoms. The summed E-state index contributed by atoms with van der Waals surface area (Å²) in [4.78, 5) is 12.4. The van der Waals surface area contributed by atoms with Gasteiger partial charge in [-0.1, -0.05) is 19.3 Å². The number of nitrogens with zero attached hydrogens (tertiary/aromatic N) is 4. The van der Waals surface area contributed by atoms with Crippen LogP contribution in [0.15, 0.2) is 18.2 Å². The van der Waals surface area contributed by atoms with Gasteiger partial charge in [-0.05, 0) is 54.0 Å². The molecule has 128 valence electrons. The molecule has 1 heterocycles. The van der Waals surface area contributed by atoms with Gasteiger partial charge in [-0.15, -0.1) is 5.10 Å². The molecule has 1 aliphatic rings. The fraction of sp³-hybridized carbons (Fsp3) is 0.529. The number of tetrazole rings is 1. The van der Waals surface area contributed by atoms with Gasteiger partial charge in [-0.25, -0.2) is 4.68 Å². The van der Waals surface area contributed by atoms with E-state index in [1.54, 1.807) is 4.68 Å². The van der Waals surface area contributed by atoms with Crippen molar-refractivity contribution in [3.63, 3.8) is 0 Å². The molecule has 24 heavy (non-hydrogen) atoms. The molecule has 0 saturated heterocycles. The first-order chi connectivity index (χ1) is 11.6. The number of aromatic nitrogens is 4. The van der Waals surface area contributed by atoms with E-state index in [4.69, 9.17) is 0 Å². The van der Waals surface area contributed by atoms with Gasteiger partial charge in [0, 0.05) is 24.3 Å². The van der Waals surface area contributed by atoms with E-state index >= 15 is 0 Å². The van der Waals surface area contributed by atoms with Crippen LogP contribution in [0.1, 0.15) is 53.8 Å². The SMILES string of the molecule is Cc1cc(C(=O)NC2CCCCC2)ccc1NCc1nnnn1C. The van der Waals surface area contributed by atoms with Gasteiger partial charge in [0.25, 0.3) is 5.91 Å². The van der Waals surface area contributed by atoms with Gasteiger partial charge in [0.1, 0.15) is 0 Å². The van der Waals surface area contributed by atoms with Gasteiger partial charge in [0.05, 0.1) is 6.54 Å². The summed E-state index contributed by atoms with van der Waals surface area (Å²) in [6.45, 7) is 2.53. The second-order valence-corrected chi connectivity index (χ2v) is 6.41. The highest BCUT2D eigenvalue weighted by Crippen LogP contribution is 2.20. The Morgan fingerprint density at radius 2 is 2.08 bits per heavy atom. The lowest BCUT2D eigenvalue weighted by atomic mass is 9.95. The third kappa shape index (κ3) is 3.90. The summed E-state index contributed by atoms with van der Waals surface area (Å²) < 4.78 is 1.63. The van der Waals surface area contributed by atoms with E-state index < -0.39 is 0 Å². The molecule has 2 N–H and O–H groups in total. The molecule has 0 unspecified atom stereocenters. The van der Waals surface area contributed by atoms with Crippen LogP contribution in [0.2, 0.25) is 0 Å². The standard InChI is InChI=1S/C17H24N6O/c1-12-10-13(17(24)19-14-6-4-3-5-7-14)8-9-15(12)18-11-16-20-21-22-23(16)2/h8-10,14,18H,3-7,11H2,1-2H3,(H,19,24). The number of rotatable bonds is 5. The van der Waals surface area contributed by atoms with E-state index in [1.807, 2.05) is 32.2 Å². The predicted octanol–water partition coefficient (Wildman–Crippen LogP) is 2.19. The van der Waals surface area contributed by atoms with Crippen LogP contribution in [0.3, 0.4) is 0 Å². The van der Waals surface area contributed by atoms with Crippen LogP contribution in [0.5, 0.6) is 0 Å². The average molecular weight is 328 g/mol. The number of amides is 1. The Morgan fingerprint density at radius 1 is 1.29 bits per heavy atom. The number of benzene rings is 1. The van der Waals surface area contributed by atoms with Crippen molar-refractivity contribution in [2.24, 2.45) is 7.05 Å². The second-order valence-electron chi connectivity index (χ2n) is 6.41. The van der Waals surface area contributed by atoms with Crippen LogP contribution in [-0.4, -0.2) is 32.2 Å². The molecule has 0 spiro atoms. The molecule has 1 aliphatic carbocycles. The number of hydrogen-bond acceptors (Lipinski definition) is 5. The smallest absolute Gasteiger partial charge is 0.251 e. The quantitative estimate of drug-likeness (QED) is 0.879. The average Bonchev–Trinajstić information content (AvgIpc) is 2.99. The molecular weight excluding hydrogens is 304 g/mol. The van der Waals surface area contributed by atoms with Crippen LogP contribution in [-0.2, 0) is 13.6 Å². The first kappa shape index (κ1) is 16.4. The molecule has 7 nitrogen and oxygen atoms in total. The lowest BCUT2D eigenvalue weighted by Crippen LogP contribution is -2.36. The van der Waals surface area contributed by atoms with Crippen molar-refractivity contribution in [2.45, 2.75) is 51.6 Å². The Kier molecular flexibility index (Phi) is 5.08. The lowest BCUT2D eigenvalue weighted by molar-refractivity contribution is 0.0927. The second kappa shape index (κ2) is 7.42. The zero-order valence-corrected chi connectivity index (χ0v) is 14.2. The molecule has 1 saturated carbocycles. The van der Waals surface area contributed by atoms with Gasteiger partial charge in [0.15, 0.2) is 5.82 Å². The van der Waals surface area contributed by atoms with E-state index in [1.165, 1.54) is 19.3 Å². The van der Waals surface area contributed by atoms with E-state index in [0.717, 1.165) is 29.9 Å². The van der Waals surface area contributed by atoms with E-state index in [-0.39, 0.29) is 5.91 Å². The Labute approximate surface area is 141 Å². The van der Waals surface area contributed by atoms with Gasteiger partial charge in [-0.2, -0.15) is 0 Å². The van der Waals surface area contributed by atoms with Gasteiger partial charge >= 0.3 is 0 Å². The van der Waals surface area contributed by atoms with Gasteiger partial charge in [0.2, 0.25) is 0 Å². The molecule has 2 aromatic rings. The Balaban J connectivity index is 1.61. The van der Waals surface area contributed by atoms with Crippen LogP contribution in [0.4, 0.5) is 5.69 Å². The molecular formula is C17H24N6O. The maximum absolute atomic E-state index is 12.4. The first-order valence-electron chi connectivity index (χ1n) is 8.50. The molecule has 0 atom stereocenters. The highest BCUT2D eigenvalue weighted by molar-refractivity contribution is 5.95. The van der Waals surface area contributed by atoms with Crippen LogP contribution < -0.4 is 10.6 Å². The largest absolute Gasteiger partial charge is 0.377 e. The molecule has 0 radical (unpaired) electrons. The maximum atomic E-state index is 12.4.